The summed E-state index contributed by atoms with van der Waals surface area (Å²) in [6, 6.07) is 13.7. The van der Waals surface area contributed by atoms with Crippen molar-refractivity contribution in [1.82, 2.24) is 9.97 Å². The molecule has 0 aliphatic carbocycles. The van der Waals surface area contributed by atoms with Crippen LogP contribution in [0.5, 0.6) is 0 Å². The Morgan fingerprint density at radius 3 is 2.58 bits per heavy atom. The summed E-state index contributed by atoms with van der Waals surface area (Å²) in [4.78, 5) is 11.9. The minimum atomic E-state index is 0.549. The topological polar surface area (TPSA) is 41.1 Å². The number of anilines is 2. The van der Waals surface area contributed by atoms with Gasteiger partial charge in [-0.2, -0.15) is 4.98 Å². The van der Waals surface area contributed by atoms with Gasteiger partial charge in [-0.05, 0) is 49.1 Å². The van der Waals surface area contributed by atoms with Crippen molar-refractivity contribution < 1.29 is 0 Å². The normalized spacial score (nSPS) is 14.6. The van der Waals surface area contributed by atoms with E-state index in [2.05, 4.69) is 21.3 Å². The van der Waals surface area contributed by atoms with Gasteiger partial charge in [0.25, 0.3) is 0 Å². The molecule has 134 valence electrons. The molecule has 0 radical (unpaired) electrons. The van der Waals surface area contributed by atoms with Crippen LogP contribution in [0.2, 0.25) is 10.0 Å². The van der Waals surface area contributed by atoms with Gasteiger partial charge in [-0.25, -0.2) is 4.98 Å². The zero-order valence-corrected chi connectivity index (χ0v) is 15.9. The number of aromatic nitrogens is 2. The first kappa shape index (κ1) is 17.4. The van der Waals surface area contributed by atoms with Crippen molar-refractivity contribution in [2.75, 3.05) is 23.3 Å². The Morgan fingerprint density at radius 2 is 1.77 bits per heavy atom. The third-order valence-electron chi connectivity index (χ3n) is 4.69. The zero-order valence-electron chi connectivity index (χ0n) is 14.4. The molecule has 6 heteroatoms. The van der Waals surface area contributed by atoms with E-state index in [1.54, 1.807) is 6.07 Å². The maximum Gasteiger partial charge on any atom is 0.225 e. The molecule has 0 saturated carbocycles. The van der Waals surface area contributed by atoms with Crippen molar-refractivity contribution >= 4 is 45.9 Å². The lowest BCUT2D eigenvalue weighted by Gasteiger charge is -2.29. The van der Waals surface area contributed by atoms with Crippen molar-refractivity contribution in [1.29, 1.82) is 0 Å². The first-order chi connectivity index (χ1) is 12.7. The van der Waals surface area contributed by atoms with Crippen molar-refractivity contribution in [3.63, 3.8) is 0 Å². The average molecular weight is 387 g/mol. The van der Waals surface area contributed by atoms with Crippen LogP contribution in [0.15, 0.2) is 42.5 Å². The van der Waals surface area contributed by atoms with E-state index in [1.165, 1.54) is 19.3 Å². The maximum atomic E-state index is 6.27. The van der Waals surface area contributed by atoms with Gasteiger partial charge in [-0.1, -0.05) is 41.4 Å². The minimum absolute atomic E-state index is 0.549. The van der Waals surface area contributed by atoms with Gasteiger partial charge in [0.15, 0.2) is 0 Å². The second-order valence-corrected chi connectivity index (χ2v) is 7.37. The summed E-state index contributed by atoms with van der Waals surface area (Å²) in [5.41, 5.74) is 1.92. The Bertz CT molecular complexity index is 923. The van der Waals surface area contributed by atoms with Gasteiger partial charge in [-0.3, -0.25) is 0 Å². The van der Waals surface area contributed by atoms with E-state index in [0.29, 0.717) is 22.5 Å². The Kier molecular flexibility index (Phi) is 5.14. The lowest BCUT2D eigenvalue weighted by molar-refractivity contribution is 0.574. The number of nitrogens with zero attached hydrogens (tertiary/aromatic N) is 3. The highest BCUT2D eigenvalue weighted by Crippen LogP contribution is 2.28. The Balaban J connectivity index is 1.64. The molecule has 0 atom stereocenters. The zero-order chi connectivity index (χ0) is 17.9. The Morgan fingerprint density at radius 1 is 0.962 bits per heavy atom. The molecule has 0 unspecified atom stereocenters. The van der Waals surface area contributed by atoms with E-state index in [1.807, 2.05) is 30.3 Å². The van der Waals surface area contributed by atoms with Crippen LogP contribution in [0.25, 0.3) is 10.9 Å². The number of fused-ring (bicyclic) bond motifs is 1. The first-order valence-electron chi connectivity index (χ1n) is 8.90. The molecule has 1 aliphatic rings. The Labute approximate surface area is 163 Å². The summed E-state index contributed by atoms with van der Waals surface area (Å²) < 4.78 is 0. The van der Waals surface area contributed by atoms with E-state index >= 15 is 0 Å². The highest BCUT2D eigenvalue weighted by Gasteiger charge is 2.17. The second kappa shape index (κ2) is 7.68. The third-order valence-corrected chi connectivity index (χ3v) is 5.28. The number of rotatable bonds is 4. The molecule has 0 amide bonds. The van der Waals surface area contributed by atoms with Crippen LogP contribution in [0.1, 0.15) is 24.8 Å². The standard InChI is InChI=1S/C20H20Cl2N4/c21-15-9-8-14(17(22)12-15)13-23-20-24-18-7-3-2-6-16(18)19(25-20)26-10-4-1-5-11-26/h2-3,6-9,12H,1,4-5,10-11,13H2,(H,23,24,25). The molecule has 26 heavy (non-hydrogen) atoms. The minimum Gasteiger partial charge on any atom is -0.356 e. The van der Waals surface area contributed by atoms with Crippen LogP contribution >= 0.6 is 23.2 Å². The van der Waals surface area contributed by atoms with Gasteiger partial charge in [0.05, 0.1) is 5.52 Å². The van der Waals surface area contributed by atoms with E-state index in [-0.39, 0.29) is 0 Å². The molecule has 1 aromatic heterocycles. The van der Waals surface area contributed by atoms with Crippen molar-refractivity contribution in [3.8, 4) is 0 Å². The molecule has 0 spiro atoms. The highest BCUT2D eigenvalue weighted by atomic mass is 35.5. The lowest BCUT2D eigenvalue weighted by atomic mass is 10.1. The molecular weight excluding hydrogens is 367 g/mol. The Hall–Kier alpha value is -2.04. The van der Waals surface area contributed by atoms with Gasteiger partial charge < -0.3 is 10.2 Å². The smallest absolute Gasteiger partial charge is 0.225 e. The average Bonchev–Trinajstić information content (AvgIpc) is 2.67. The predicted octanol–water partition coefficient (Wildman–Crippen LogP) is 5.54. The van der Waals surface area contributed by atoms with Gasteiger partial charge in [-0.15, -0.1) is 0 Å². The summed E-state index contributed by atoms with van der Waals surface area (Å²) in [6.45, 7) is 2.64. The molecule has 0 bridgehead atoms. The number of benzene rings is 2. The third kappa shape index (κ3) is 3.71. The fourth-order valence-electron chi connectivity index (χ4n) is 3.33. The van der Waals surface area contributed by atoms with E-state index in [4.69, 9.17) is 28.2 Å². The summed E-state index contributed by atoms with van der Waals surface area (Å²) >= 11 is 12.2. The van der Waals surface area contributed by atoms with Gasteiger partial charge in [0.2, 0.25) is 5.95 Å². The SMILES string of the molecule is Clc1ccc(CNc2nc(N3CCCCC3)c3ccccc3n2)c(Cl)c1. The van der Waals surface area contributed by atoms with Crippen LogP contribution in [0.3, 0.4) is 0 Å². The summed E-state index contributed by atoms with van der Waals surface area (Å²) in [6.07, 6.45) is 3.71. The predicted molar refractivity (Wildman–Crippen MR) is 109 cm³/mol. The van der Waals surface area contributed by atoms with Crippen LogP contribution < -0.4 is 10.2 Å². The number of halogens is 2. The first-order valence-corrected chi connectivity index (χ1v) is 9.66. The van der Waals surface area contributed by atoms with Crippen LogP contribution in [-0.4, -0.2) is 23.1 Å². The second-order valence-electron chi connectivity index (χ2n) is 6.52. The monoisotopic (exact) mass is 386 g/mol. The van der Waals surface area contributed by atoms with Crippen molar-refractivity contribution in [2.45, 2.75) is 25.8 Å². The van der Waals surface area contributed by atoms with Crippen molar-refractivity contribution in [2.24, 2.45) is 0 Å². The number of hydrogen-bond donors (Lipinski definition) is 1. The molecule has 1 saturated heterocycles. The molecule has 2 heterocycles. The summed E-state index contributed by atoms with van der Waals surface area (Å²) in [5.74, 6) is 1.63. The summed E-state index contributed by atoms with van der Waals surface area (Å²) in [7, 11) is 0. The van der Waals surface area contributed by atoms with E-state index in [0.717, 1.165) is 35.4 Å². The number of nitrogens with one attached hydrogen (secondary N) is 1. The van der Waals surface area contributed by atoms with E-state index < -0.39 is 0 Å². The quantitative estimate of drug-likeness (QED) is 0.638. The molecule has 1 aliphatic heterocycles. The van der Waals surface area contributed by atoms with Crippen LogP contribution in [-0.2, 0) is 6.54 Å². The van der Waals surface area contributed by atoms with Crippen LogP contribution in [0, 0.1) is 0 Å². The van der Waals surface area contributed by atoms with E-state index in [9.17, 15) is 0 Å². The molecule has 1 fully saturated rings. The highest BCUT2D eigenvalue weighted by molar-refractivity contribution is 6.35. The molecule has 1 N–H and O–H groups in total. The number of para-hydroxylation sites is 1. The fraction of sp³-hybridized carbons (Fsp3) is 0.300. The van der Waals surface area contributed by atoms with Gasteiger partial charge in [0.1, 0.15) is 5.82 Å². The molecule has 4 rings (SSSR count). The lowest BCUT2D eigenvalue weighted by Crippen LogP contribution is -2.30. The number of hydrogen-bond acceptors (Lipinski definition) is 4. The molecule has 3 aromatic rings. The number of piperidine rings is 1. The largest absolute Gasteiger partial charge is 0.356 e. The van der Waals surface area contributed by atoms with Crippen molar-refractivity contribution in [3.05, 3.63) is 58.1 Å². The van der Waals surface area contributed by atoms with Gasteiger partial charge >= 0.3 is 0 Å². The maximum absolute atomic E-state index is 6.27. The molecule has 4 nitrogen and oxygen atoms in total. The van der Waals surface area contributed by atoms with Gasteiger partial charge in [0, 0.05) is 35.1 Å². The molecular formula is C20H20Cl2N4. The van der Waals surface area contributed by atoms with Crippen LogP contribution in [0.4, 0.5) is 11.8 Å². The molecule has 2 aromatic carbocycles. The fourth-order valence-corrected chi connectivity index (χ4v) is 3.80. The summed E-state index contributed by atoms with van der Waals surface area (Å²) in [5, 5.41) is 5.69.